The Labute approximate surface area is 171 Å². The van der Waals surface area contributed by atoms with Gasteiger partial charge in [0.15, 0.2) is 0 Å². The SMILES string of the molecule is Cc1cnc(N2CC(O)C(N3CCN(Cc4ccc(Cl)cc4)CC3)C2)nc1C. The van der Waals surface area contributed by atoms with Crippen LogP contribution in [0.3, 0.4) is 0 Å². The molecule has 2 aromatic rings. The molecule has 0 saturated carbocycles. The van der Waals surface area contributed by atoms with Gasteiger partial charge >= 0.3 is 0 Å². The van der Waals surface area contributed by atoms with Crippen molar-refractivity contribution < 1.29 is 5.11 Å². The van der Waals surface area contributed by atoms with Crippen LogP contribution in [0.2, 0.25) is 5.02 Å². The Morgan fingerprint density at radius 1 is 1.07 bits per heavy atom. The number of hydrogen-bond donors (Lipinski definition) is 1. The molecule has 3 heterocycles. The maximum absolute atomic E-state index is 10.7. The molecule has 4 rings (SSSR count). The van der Waals surface area contributed by atoms with Gasteiger partial charge in [-0.2, -0.15) is 0 Å². The number of anilines is 1. The highest BCUT2D eigenvalue weighted by atomic mass is 35.5. The van der Waals surface area contributed by atoms with Crippen molar-refractivity contribution in [3.8, 4) is 0 Å². The van der Waals surface area contributed by atoms with Gasteiger partial charge in [0.2, 0.25) is 5.95 Å². The van der Waals surface area contributed by atoms with Crippen LogP contribution in [-0.4, -0.2) is 76.3 Å². The molecule has 7 heteroatoms. The first-order chi connectivity index (χ1) is 13.5. The topological polar surface area (TPSA) is 55.7 Å². The van der Waals surface area contributed by atoms with Crippen molar-refractivity contribution in [3.63, 3.8) is 0 Å². The average Bonchev–Trinajstić information content (AvgIpc) is 3.08. The van der Waals surface area contributed by atoms with E-state index in [1.54, 1.807) is 0 Å². The summed E-state index contributed by atoms with van der Waals surface area (Å²) < 4.78 is 0. The van der Waals surface area contributed by atoms with E-state index in [4.69, 9.17) is 11.6 Å². The van der Waals surface area contributed by atoms with Gasteiger partial charge in [-0.15, -0.1) is 0 Å². The van der Waals surface area contributed by atoms with Crippen LogP contribution in [0.4, 0.5) is 5.95 Å². The smallest absolute Gasteiger partial charge is 0.225 e. The van der Waals surface area contributed by atoms with Crippen molar-refractivity contribution in [1.82, 2.24) is 19.8 Å². The van der Waals surface area contributed by atoms with Crippen molar-refractivity contribution in [3.05, 3.63) is 52.3 Å². The van der Waals surface area contributed by atoms with E-state index in [0.29, 0.717) is 6.54 Å². The van der Waals surface area contributed by atoms with Gasteiger partial charge < -0.3 is 10.0 Å². The summed E-state index contributed by atoms with van der Waals surface area (Å²) in [6.07, 6.45) is 1.50. The van der Waals surface area contributed by atoms with Gasteiger partial charge in [-0.25, -0.2) is 9.97 Å². The zero-order valence-electron chi connectivity index (χ0n) is 16.6. The van der Waals surface area contributed by atoms with Crippen LogP contribution in [0.1, 0.15) is 16.8 Å². The summed E-state index contributed by atoms with van der Waals surface area (Å²) in [7, 11) is 0. The number of aliphatic hydroxyl groups excluding tert-OH is 1. The molecule has 1 N–H and O–H groups in total. The normalized spacial score (nSPS) is 24.1. The van der Waals surface area contributed by atoms with Crippen LogP contribution < -0.4 is 4.90 Å². The summed E-state index contributed by atoms with van der Waals surface area (Å²) in [4.78, 5) is 16.1. The molecule has 2 unspecified atom stereocenters. The summed E-state index contributed by atoms with van der Waals surface area (Å²) in [6.45, 7) is 10.3. The Bertz CT molecular complexity index is 807. The number of aliphatic hydroxyl groups is 1. The summed E-state index contributed by atoms with van der Waals surface area (Å²) in [5.41, 5.74) is 3.38. The van der Waals surface area contributed by atoms with Crippen molar-refractivity contribution in [2.45, 2.75) is 32.5 Å². The molecule has 0 bridgehead atoms. The van der Waals surface area contributed by atoms with Gasteiger partial charge in [-0.1, -0.05) is 23.7 Å². The van der Waals surface area contributed by atoms with E-state index in [0.717, 1.165) is 61.5 Å². The molecule has 0 radical (unpaired) electrons. The molecule has 28 heavy (non-hydrogen) atoms. The van der Waals surface area contributed by atoms with Crippen molar-refractivity contribution in [2.75, 3.05) is 44.2 Å². The first-order valence-corrected chi connectivity index (χ1v) is 10.3. The monoisotopic (exact) mass is 401 g/mol. The number of aromatic nitrogens is 2. The minimum absolute atomic E-state index is 0.142. The first kappa shape index (κ1) is 19.6. The van der Waals surface area contributed by atoms with Gasteiger partial charge in [0.1, 0.15) is 0 Å². The van der Waals surface area contributed by atoms with Gasteiger partial charge in [0.25, 0.3) is 0 Å². The molecule has 2 aliphatic heterocycles. The highest BCUT2D eigenvalue weighted by Gasteiger charge is 2.37. The zero-order valence-corrected chi connectivity index (χ0v) is 17.3. The van der Waals surface area contributed by atoms with Crippen LogP contribution in [-0.2, 0) is 6.54 Å². The summed E-state index contributed by atoms with van der Waals surface area (Å²) in [5.74, 6) is 0.728. The maximum atomic E-state index is 10.7. The molecule has 1 aromatic carbocycles. The molecule has 2 saturated heterocycles. The molecule has 6 nitrogen and oxygen atoms in total. The van der Waals surface area contributed by atoms with Crippen LogP contribution >= 0.6 is 11.6 Å². The summed E-state index contributed by atoms with van der Waals surface area (Å²) in [5, 5.41) is 11.4. The lowest BCUT2D eigenvalue weighted by Gasteiger charge is -2.38. The van der Waals surface area contributed by atoms with Gasteiger partial charge in [0, 0.05) is 62.7 Å². The fourth-order valence-corrected chi connectivity index (χ4v) is 4.19. The Hall–Kier alpha value is -1.73. The minimum Gasteiger partial charge on any atom is -0.390 e. The Kier molecular flexibility index (Phi) is 5.83. The van der Waals surface area contributed by atoms with E-state index < -0.39 is 0 Å². The third kappa shape index (κ3) is 4.30. The molecule has 0 amide bonds. The lowest BCUT2D eigenvalue weighted by Crippen LogP contribution is -2.53. The minimum atomic E-state index is -0.368. The number of aryl methyl sites for hydroxylation is 2. The van der Waals surface area contributed by atoms with E-state index in [-0.39, 0.29) is 12.1 Å². The van der Waals surface area contributed by atoms with E-state index >= 15 is 0 Å². The predicted octanol–water partition coefficient (Wildman–Crippen LogP) is 2.11. The second-order valence-corrected chi connectivity index (χ2v) is 8.35. The van der Waals surface area contributed by atoms with E-state index in [9.17, 15) is 5.11 Å². The fraction of sp³-hybridized carbons (Fsp3) is 0.524. The molecule has 2 fully saturated rings. The number of piperazine rings is 1. The van der Waals surface area contributed by atoms with Crippen LogP contribution in [0.15, 0.2) is 30.5 Å². The molecular weight excluding hydrogens is 374 g/mol. The predicted molar refractivity (Wildman–Crippen MR) is 112 cm³/mol. The van der Waals surface area contributed by atoms with Crippen LogP contribution in [0, 0.1) is 13.8 Å². The van der Waals surface area contributed by atoms with E-state index in [1.165, 1.54) is 5.56 Å². The molecule has 2 atom stereocenters. The number of β-amino-alcohol motifs (C(OH)–C–C–N with tert-alkyl or cyclic N) is 1. The third-order valence-electron chi connectivity index (χ3n) is 5.95. The molecule has 0 aliphatic carbocycles. The molecule has 0 spiro atoms. The molecular formula is C21H28ClN5O. The van der Waals surface area contributed by atoms with E-state index in [1.807, 2.05) is 32.2 Å². The van der Waals surface area contributed by atoms with Crippen molar-refractivity contribution in [1.29, 1.82) is 0 Å². The number of rotatable bonds is 4. The number of halogens is 1. The highest BCUT2D eigenvalue weighted by Crippen LogP contribution is 2.23. The number of hydrogen-bond acceptors (Lipinski definition) is 6. The molecule has 2 aliphatic rings. The third-order valence-corrected chi connectivity index (χ3v) is 6.20. The summed E-state index contributed by atoms with van der Waals surface area (Å²) >= 11 is 5.98. The van der Waals surface area contributed by atoms with Gasteiger partial charge in [-0.05, 0) is 37.1 Å². The van der Waals surface area contributed by atoms with Crippen molar-refractivity contribution in [2.24, 2.45) is 0 Å². The van der Waals surface area contributed by atoms with Crippen LogP contribution in [0.25, 0.3) is 0 Å². The second kappa shape index (κ2) is 8.33. The first-order valence-electron chi connectivity index (χ1n) is 9.94. The maximum Gasteiger partial charge on any atom is 0.225 e. The van der Waals surface area contributed by atoms with Crippen LogP contribution in [0.5, 0.6) is 0 Å². The number of nitrogens with zero attached hydrogens (tertiary/aromatic N) is 5. The van der Waals surface area contributed by atoms with Gasteiger partial charge in [0.05, 0.1) is 12.1 Å². The number of benzene rings is 1. The average molecular weight is 402 g/mol. The Balaban J connectivity index is 1.33. The fourth-order valence-electron chi connectivity index (χ4n) is 4.06. The second-order valence-electron chi connectivity index (χ2n) is 7.92. The van der Waals surface area contributed by atoms with Crippen molar-refractivity contribution >= 4 is 17.5 Å². The highest BCUT2D eigenvalue weighted by molar-refractivity contribution is 6.30. The lowest BCUT2D eigenvalue weighted by molar-refractivity contribution is 0.0424. The largest absolute Gasteiger partial charge is 0.390 e. The zero-order chi connectivity index (χ0) is 19.7. The standard InChI is InChI=1S/C21H28ClN5O/c1-15-11-23-21(24-16(15)2)27-13-19(20(28)14-27)26-9-7-25(8-10-26)12-17-3-5-18(22)6-4-17/h3-6,11,19-20,28H,7-10,12-14H2,1-2H3. The Morgan fingerprint density at radius 2 is 1.79 bits per heavy atom. The van der Waals surface area contributed by atoms with E-state index in [2.05, 4.69) is 36.8 Å². The molecule has 1 aromatic heterocycles. The molecule has 150 valence electrons. The lowest BCUT2D eigenvalue weighted by atomic mass is 10.1. The van der Waals surface area contributed by atoms with Gasteiger partial charge in [-0.3, -0.25) is 9.80 Å². The summed E-state index contributed by atoms with van der Waals surface area (Å²) in [6, 6.07) is 8.23. The quantitative estimate of drug-likeness (QED) is 0.846. The Morgan fingerprint density at radius 3 is 2.46 bits per heavy atom.